The van der Waals surface area contributed by atoms with Crippen molar-refractivity contribution in [2.75, 3.05) is 37.3 Å². The second kappa shape index (κ2) is 5.92. The molecule has 3 heteroatoms. The van der Waals surface area contributed by atoms with Gasteiger partial charge in [-0.25, -0.2) is 0 Å². The molecule has 0 radical (unpaired) electrons. The smallest absolute Gasteiger partial charge is 0.0343 e. The zero-order chi connectivity index (χ0) is 12.1. The minimum atomic E-state index is 0.637. The van der Waals surface area contributed by atoms with Crippen LogP contribution in [0.4, 0.5) is 11.4 Å². The zero-order valence-electron chi connectivity index (χ0n) is 10.9. The van der Waals surface area contributed by atoms with Crippen LogP contribution in [0.3, 0.4) is 0 Å². The predicted octanol–water partition coefficient (Wildman–Crippen LogP) is 2.62. The summed E-state index contributed by atoms with van der Waals surface area (Å²) in [6, 6.07) is 9.17. The van der Waals surface area contributed by atoms with E-state index >= 15 is 0 Å². The van der Waals surface area contributed by atoms with Crippen LogP contribution in [-0.4, -0.2) is 37.6 Å². The van der Waals surface area contributed by atoms with E-state index in [1.807, 2.05) is 7.05 Å². The summed E-state index contributed by atoms with van der Waals surface area (Å²) < 4.78 is 0. The lowest BCUT2D eigenvalue weighted by molar-refractivity contribution is 0.229. The number of nitrogens with one attached hydrogen (secondary N) is 2. The minimum Gasteiger partial charge on any atom is -0.388 e. The zero-order valence-corrected chi connectivity index (χ0v) is 10.9. The Morgan fingerprint density at radius 2 is 1.71 bits per heavy atom. The molecule has 3 nitrogen and oxygen atoms in total. The molecule has 2 rings (SSSR count). The average molecular weight is 233 g/mol. The molecule has 94 valence electrons. The first-order chi connectivity index (χ1) is 8.31. The number of benzene rings is 1. The lowest BCUT2D eigenvalue weighted by atomic mass is 10.0. The molecule has 1 aromatic rings. The third kappa shape index (κ3) is 3.37. The van der Waals surface area contributed by atoms with Crippen LogP contribution in [0.15, 0.2) is 24.3 Å². The van der Waals surface area contributed by atoms with Crippen molar-refractivity contribution < 1.29 is 0 Å². The van der Waals surface area contributed by atoms with Gasteiger partial charge in [-0.15, -0.1) is 0 Å². The fourth-order valence-corrected chi connectivity index (χ4v) is 2.36. The van der Waals surface area contributed by atoms with Crippen LogP contribution >= 0.6 is 0 Å². The van der Waals surface area contributed by atoms with Crippen LogP contribution in [0.2, 0.25) is 0 Å². The Kier molecular flexibility index (Phi) is 4.26. The molecule has 1 fully saturated rings. The molecule has 0 amide bonds. The van der Waals surface area contributed by atoms with Crippen molar-refractivity contribution in [3.05, 3.63) is 24.3 Å². The molecule has 0 aliphatic carbocycles. The van der Waals surface area contributed by atoms with E-state index in [-0.39, 0.29) is 0 Å². The SMILES string of the molecule is CCN1CCC(Nc2ccc(NC)cc2)CC1. The van der Waals surface area contributed by atoms with Crippen molar-refractivity contribution in [2.45, 2.75) is 25.8 Å². The molecule has 1 saturated heterocycles. The second-order valence-corrected chi connectivity index (χ2v) is 4.68. The van der Waals surface area contributed by atoms with Gasteiger partial charge >= 0.3 is 0 Å². The molecule has 0 spiro atoms. The summed E-state index contributed by atoms with van der Waals surface area (Å²) in [5.74, 6) is 0. The first kappa shape index (κ1) is 12.2. The van der Waals surface area contributed by atoms with Crippen molar-refractivity contribution in [3.8, 4) is 0 Å². The van der Waals surface area contributed by atoms with E-state index in [1.54, 1.807) is 0 Å². The highest BCUT2D eigenvalue weighted by Crippen LogP contribution is 2.18. The second-order valence-electron chi connectivity index (χ2n) is 4.68. The van der Waals surface area contributed by atoms with Crippen LogP contribution in [0.1, 0.15) is 19.8 Å². The van der Waals surface area contributed by atoms with E-state index < -0.39 is 0 Å². The summed E-state index contributed by atoms with van der Waals surface area (Å²) in [4.78, 5) is 2.52. The number of nitrogens with zero attached hydrogens (tertiary/aromatic N) is 1. The molecule has 1 aromatic carbocycles. The highest BCUT2D eigenvalue weighted by Gasteiger charge is 2.17. The van der Waals surface area contributed by atoms with Gasteiger partial charge in [-0.1, -0.05) is 6.92 Å². The fourth-order valence-electron chi connectivity index (χ4n) is 2.36. The van der Waals surface area contributed by atoms with Gasteiger partial charge in [0.15, 0.2) is 0 Å². The first-order valence-electron chi connectivity index (χ1n) is 6.58. The van der Waals surface area contributed by atoms with Gasteiger partial charge in [0.1, 0.15) is 0 Å². The number of hydrogen-bond acceptors (Lipinski definition) is 3. The van der Waals surface area contributed by atoms with Gasteiger partial charge < -0.3 is 15.5 Å². The number of likely N-dealkylation sites (tertiary alicyclic amines) is 1. The molecule has 2 N–H and O–H groups in total. The van der Waals surface area contributed by atoms with Crippen LogP contribution in [0.25, 0.3) is 0 Å². The lowest BCUT2D eigenvalue weighted by Crippen LogP contribution is -2.38. The van der Waals surface area contributed by atoms with Gasteiger partial charge in [-0.05, 0) is 43.7 Å². The van der Waals surface area contributed by atoms with Gasteiger partial charge in [-0.2, -0.15) is 0 Å². The van der Waals surface area contributed by atoms with Crippen molar-refractivity contribution in [1.82, 2.24) is 4.90 Å². The van der Waals surface area contributed by atoms with E-state index in [0.29, 0.717) is 6.04 Å². The van der Waals surface area contributed by atoms with E-state index in [9.17, 15) is 0 Å². The Balaban J connectivity index is 1.84. The van der Waals surface area contributed by atoms with Gasteiger partial charge in [0.05, 0.1) is 0 Å². The molecule has 0 bridgehead atoms. The molecule has 1 aliphatic rings. The van der Waals surface area contributed by atoms with Crippen molar-refractivity contribution in [3.63, 3.8) is 0 Å². The molecular weight excluding hydrogens is 210 g/mol. The summed E-state index contributed by atoms with van der Waals surface area (Å²) in [6.45, 7) is 5.87. The third-order valence-electron chi connectivity index (χ3n) is 3.58. The summed E-state index contributed by atoms with van der Waals surface area (Å²) >= 11 is 0. The molecule has 0 aromatic heterocycles. The Bertz CT molecular complexity index is 326. The maximum Gasteiger partial charge on any atom is 0.0343 e. The monoisotopic (exact) mass is 233 g/mol. The third-order valence-corrected chi connectivity index (χ3v) is 3.58. The van der Waals surface area contributed by atoms with Crippen molar-refractivity contribution >= 4 is 11.4 Å². The maximum atomic E-state index is 3.62. The number of piperidine rings is 1. The Labute approximate surface area is 104 Å². The largest absolute Gasteiger partial charge is 0.388 e. The summed E-state index contributed by atoms with van der Waals surface area (Å²) in [7, 11) is 1.95. The quantitative estimate of drug-likeness (QED) is 0.837. The Morgan fingerprint density at radius 3 is 2.24 bits per heavy atom. The van der Waals surface area contributed by atoms with Crippen LogP contribution < -0.4 is 10.6 Å². The van der Waals surface area contributed by atoms with Crippen molar-refractivity contribution in [2.24, 2.45) is 0 Å². The van der Waals surface area contributed by atoms with Crippen LogP contribution in [-0.2, 0) is 0 Å². The van der Waals surface area contributed by atoms with Gasteiger partial charge in [-0.3, -0.25) is 0 Å². The van der Waals surface area contributed by atoms with Crippen molar-refractivity contribution in [1.29, 1.82) is 0 Å². The molecule has 0 saturated carbocycles. The molecule has 0 atom stereocenters. The predicted molar refractivity (Wildman–Crippen MR) is 74.7 cm³/mol. The maximum absolute atomic E-state index is 3.62. The van der Waals surface area contributed by atoms with E-state index in [4.69, 9.17) is 0 Å². The van der Waals surface area contributed by atoms with Crippen LogP contribution in [0.5, 0.6) is 0 Å². The first-order valence-corrected chi connectivity index (χ1v) is 6.58. The standard InChI is InChI=1S/C14H23N3/c1-3-17-10-8-14(9-11-17)16-13-6-4-12(15-2)5-7-13/h4-7,14-16H,3,8-11H2,1-2H3. The number of anilines is 2. The molecule has 1 aliphatic heterocycles. The minimum absolute atomic E-state index is 0.637. The van der Waals surface area contributed by atoms with E-state index in [0.717, 1.165) is 5.69 Å². The fraction of sp³-hybridized carbons (Fsp3) is 0.571. The highest BCUT2D eigenvalue weighted by atomic mass is 15.1. The number of hydrogen-bond donors (Lipinski definition) is 2. The number of rotatable bonds is 4. The molecule has 1 heterocycles. The highest BCUT2D eigenvalue weighted by molar-refractivity contribution is 5.53. The van der Waals surface area contributed by atoms with Gasteiger partial charge in [0, 0.05) is 37.6 Å². The average Bonchev–Trinajstić information content (AvgIpc) is 2.40. The van der Waals surface area contributed by atoms with Gasteiger partial charge in [0.2, 0.25) is 0 Å². The lowest BCUT2D eigenvalue weighted by Gasteiger charge is -2.32. The normalized spacial score (nSPS) is 18.0. The van der Waals surface area contributed by atoms with Crippen LogP contribution in [0, 0.1) is 0 Å². The molecule has 17 heavy (non-hydrogen) atoms. The summed E-state index contributed by atoms with van der Waals surface area (Å²) in [5.41, 5.74) is 2.40. The summed E-state index contributed by atoms with van der Waals surface area (Å²) in [6.07, 6.45) is 2.50. The summed E-state index contributed by atoms with van der Waals surface area (Å²) in [5, 5.41) is 6.76. The topological polar surface area (TPSA) is 27.3 Å². The van der Waals surface area contributed by atoms with E-state index in [1.165, 1.54) is 38.2 Å². The molecule has 0 unspecified atom stereocenters. The Morgan fingerprint density at radius 1 is 1.12 bits per heavy atom. The molecular formula is C14H23N3. The van der Waals surface area contributed by atoms with E-state index in [2.05, 4.69) is 46.7 Å². The Hall–Kier alpha value is -1.22. The van der Waals surface area contributed by atoms with Gasteiger partial charge in [0.25, 0.3) is 0 Å².